The van der Waals surface area contributed by atoms with Gasteiger partial charge in [0.15, 0.2) is 23.3 Å². The van der Waals surface area contributed by atoms with Crippen LogP contribution in [0.5, 0.6) is 0 Å². The largest absolute Gasteiger partial charge is 0.394 e. The van der Waals surface area contributed by atoms with Crippen LogP contribution in [0.3, 0.4) is 0 Å². The Bertz CT molecular complexity index is 369. The smallest absolute Gasteiger partial charge is 0.257 e. The summed E-state index contributed by atoms with van der Waals surface area (Å²) in [5.41, 5.74) is -2.80. The molecule has 0 radical (unpaired) electrons. The summed E-state index contributed by atoms with van der Waals surface area (Å²) in [5.74, 6) is -5.00. The molecule has 0 aromatic heterocycles. The van der Waals surface area contributed by atoms with Gasteiger partial charge in [-0.1, -0.05) is 0 Å². The number of aliphatic hydroxyl groups excluding tert-OH is 3. The van der Waals surface area contributed by atoms with E-state index in [0.717, 1.165) is 13.8 Å². The SMILES string of the molecule is CC(=O)C1(O)O[C@H](CO)[C@@H](O)[C@@](O)(C(C)=O)[C@@H]1O. The second-order valence-corrected chi connectivity index (χ2v) is 4.32. The summed E-state index contributed by atoms with van der Waals surface area (Å²) in [4.78, 5) is 22.7. The quantitative estimate of drug-likeness (QED) is 0.356. The lowest BCUT2D eigenvalue weighted by Crippen LogP contribution is -2.76. The van der Waals surface area contributed by atoms with Crippen molar-refractivity contribution in [1.29, 1.82) is 0 Å². The predicted octanol–water partition coefficient (Wildman–Crippen LogP) is -3.30. The van der Waals surface area contributed by atoms with E-state index in [2.05, 4.69) is 0 Å². The number of carbonyl (C=O) groups is 2. The monoisotopic (exact) mass is 264 g/mol. The summed E-state index contributed by atoms with van der Waals surface area (Å²) >= 11 is 0. The molecule has 8 heteroatoms. The van der Waals surface area contributed by atoms with Gasteiger partial charge in [0.25, 0.3) is 5.79 Å². The highest BCUT2D eigenvalue weighted by atomic mass is 16.7. The van der Waals surface area contributed by atoms with Crippen molar-refractivity contribution in [2.75, 3.05) is 6.61 Å². The zero-order valence-corrected chi connectivity index (χ0v) is 9.90. The molecule has 0 aromatic rings. The van der Waals surface area contributed by atoms with Crippen LogP contribution in [0, 0.1) is 0 Å². The Balaban J connectivity index is 3.33. The Morgan fingerprint density at radius 3 is 2.00 bits per heavy atom. The Morgan fingerprint density at radius 2 is 1.67 bits per heavy atom. The Morgan fingerprint density at radius 1 is 1.17 bits per heavy atom. The number of ether oxygens (including phenoxy) is 1. The van der Waals surface area contributed by atoms with Gasteiger partial charge in [-0.3, -0.25) is 9.59 Å². The van der Waals surface area contributed by atoms with Crippen LogP contribution in [-0.2, 0) is 14.3 Å². The van der Waals surface area contributed by atoms with Crippen LogP contribution in [-0.4, -0.2) is 73.4 Å². The number of hydrogen-bond acceptors (Lipinski definition) is 8. The van der Waals surface area contributed by atoms with Crippen molar-refractivity contribution in [3.05, 3.63) is 0 Å². The lowest BCUT2D eigenvalue weighted by atomic mass is 9.76. The second-order valence-electron chi connectivity index (χ2n) is 4.32. The summed E-state index contributed by atoms with van der Waals surface area (Å²) in [7, 11) is 0. The fourth-order valence-electron chi connectivity index (χ4n) is 1.92. The van der Waals surface area contributed by atoms with E-state index >= 15 is 0 Å². The van der Waals surface area contributed by atoms with Gasteiger partial charge in [-0.05, 0) is 6.92 Å². The number of Topliss-reactive ketones (excluding diaryl/α,β-unsaturated/α-hetero) is 2. The number of hydrogen-bond donors (Lipinski definition) is 5. The van der Waals surface area contributed by atoms with E-state index in [1.165, 1.54) is 0 Å². The lowest BCUT2D eigenvalue weighted by Gasteiger charge is -2.49. The van der Waals surface area contributed by atoms with Crippen molar-refractivity contribution in [3.8, 4) is 0 Å². The van der Waals surface area contributed by atoms with Gasteiger partial charge in [0.1, 0.15) is 12.2 Å². The molecule has 0 saturated carbocycles. The van der Waals surface area contributed by atoms with Crippen LogP contribution in [0.1, 0.15) is 13.8 Å². The van der Waals surface area contributed by atoms with Crippen LogP contribution in [0.25, 0.3) is 0 Å². The fourth-order valence-corrected chi connectivity index (χ4v) is 1.92. The molecule has 5 N–H and O–H groups in total. The third-order valence-corrected chi connectivity index (χ3v) is 3.17. The molecule has 1 saturated heterocycles. The second kappa shape index (κ2) is 4.65. The summed E-state index contributed by atoms with van der Waals surface area (Å²) in [6, 6.07) is 0. The van der Waals surface area contributed by atoms with Crippen molar-refractivity contribution >= 4 is 11.6 Å². The molecule has 1 fully saturated rings. The standard InChI is InChI=1S/C10H16O8/c1-4(12)9(16)7(14)6(3-11)18-10(17,5(2)13)8(9)15/h6-8,11,14-17H,3H2,1-2H3/t6-,7-,8+,9+,10?/m1/s1. The Hall–Kier alpha value is -0.900. The normalized spacial score (nSPS) is 44.7. The molecule has 1 rings (SSSR count). The van der Waals surface area contributed by atoms with Crippen molar-refractivity contribution in [2.24, 2.45) is 0 Å². The molecule has 0 amide bonds. The molecular formula is C10H16O8. The van der Waals surface area contributed by atoms with Crippen LogP contribution < -0.4 is 0 Å². The molecule has 5 atom stereocenters. The molecule has 1 heterocycles. The Labute approximate surface area is 102 Å². The molecule has 0 bridgehead atoms. The third-order valence-electron chi connectivity index (χ3n) is 3.17. The maximum absolute atomic E-state index is 11.4. The van der Waals surface area contributed by atoms with E-state index in [4.69, 9.17) is 9.84 Å². The van der Waals surface area contributed by atoms with Crippen LogP contribution in [0.4, 0.5) is 0 Å². The van der Waals surface area contributed by atoms with Gasteiger partial charge in [-0.2, -0.15) is 0 Å². The zero-order chi connectivity index (χ0) is 14.3. The molecule has 104 valence electrons. The molecule has 8 nitrogen and oxygen atoms in total. The highest BCUT2D eigenvalue weighted by molar-refractivity contribution is 5.90. The molecule has 0 aromatic carbocycles. The maximum atomic E-state index is 11.4. The minimum absolute atomic E-state index is 0.862. The zero-order valence-electron chi connectivity index (χ0n) is 9.90. The first-order valence-electron chi connectivity index (χ1n) is 5.24. The van der Waals surface area contributed by atoms with Crippen LogP contribution in [0.2, 0.25) is 0 Å². The summed E-state index contributed by atoms with van der Waals surface area (Å²) in [6.45, 7) is 0.877. The molecule has 0 aliphatic carbocycles. The summed E-state index contributed by atoms with van der Waals surface area (Å²) in [6.07, 6.45) is -5.93. The van der Waals surface area contributed by atoms with E-state index in [1.54, 1.807) is 0 Å². The molecule has 1 unspecified atom stereocenters. The first-order valence-corrected chi connectivity index (χ1v) is 5.24. The predicted molar refractivity (Wildman–Crippen MR) is 55.2 cm³/mol. The fraction of sp³-hybridized carbons (Fsp3) is 0.800. The van der Waals surface area contributed by atoms with Gasteiger partial charge in [0.05, 0.1) is 6.61 Å². The van der Waals surface area contributed by atoms with Gasteiger partial charge in [-0.25, -0.2) is 0 Å². The van der Waals surface area contributed by atoms with Crippen molar-refractivity contribution < 1.29 is 39.9 Å². The minimum Gasteiger partial charge on any atom is -0.394 e. The van der Waals surface area contributed by atoms with Gasteiger partial charge >= 0.3 is 0 Å². The Kier molecular flexibility index (Phi) is 3.92. The van der Waals surface area contributed by atoms with Gasteiger partial charge < -0.3 is 30.3 Å². The van der Waals surface area contributed by atoms with Crippen LogP contribution >= 0.6 is 0 Å². The number of ketones is 2. The average molecular weight is 264 g/mol. The van der Waals surface area contributed by atoms with E-state index in [9.17, 15) is 30.0 Å². The molecule has 1 aliphatic heterocycles. The summed E-state index contributed by atoms with van der Waals surface area (Å²) < 4.78 is 4.70. The van der Waals surface area contributed by atoms with Crippen molar-refractivity contribution in [2.45, 2.75) is 43.5 Å². The van der Waals surface area contributed by atoms with E-state index < -0.39 is 47.9 Å². The minimum atomic E-state index is -2.87. The number of rotatable bonds is 3. The van der Waals surface area contributed by atoms with Gasteiger partial charge in [-0.15, -0.1) is 0 Å². The van der Waals surface area contributed by atoms with Crippen molar-refractivity contribution in [1.82, 2.24) is 0 Å². The van der Waals surface area contributed by atoms with Crippen molar-refractivity contribution in [3.63, 3.8) is 0 Å². The highest BCUT2D eigenvalue weighted by Crippen LogP contribution is 2.36. The number of aliphatic hydroxyl groups is 5. The molecule has 18 heavy (non-hydrogen) atoms. The first kappa shape index (κ1) is 15.2. The summed E-state index contributed by atoms with van der Waals surface area (Å²) in [5, 5.41) is 48.3. The van der Waals surface area contributed by atoms with Gasteiger partial charge in [0.2, 0.25) is 0 Å². The van der Waals surface area contributed by atoms with Crippen LogP contribution in [0.15, 0.2) is 0 Å². The van der Waals surface area contributed by atoms with E-state index in [0.29, 0.717) is 0 Å². The average Bonchev–Trinajstić information content (AvgIpc) is 2.30. The topological polar surface area (TPSA) is 145 Å². The lowest BCUT2D eigenvalue weighted by molar-refractivity contribution is -0.348. The third kappa shape index (κ3) is 1.87. The first-order chi connectivity index (χ1) is 8.12. The highest BCUT2D eigenvalue weighted by Gasteiger charge is 2.65. The van der Waals surface area contributed by atoms with E-state index in [1.807, 2.05) is 0 Å². The van der Waals surface area contributed by atoms with Gasteiger partial charge in [0, 0.05) is 6.92 Å². The molecule has 1 aliphatic rings. The maximum Gasteiger partial charge on any atom is 0.257 e. The number of carbonyl (C=O) groups excluding carboxylic acids is 2. The van der Waals surface area contributed by atoms with E-state index in [-0.39, 0.29) is 0 Å². The molecular weight excluding hydrogens is 248 g/mol. The molecule has 0 spiro atoms.